The number of phosphoric acid groups is 1. The Morgan fingerprint density at radius 2 is 0.861 bits per heavy atom. The van der Waals surface area contributed by atoms with Gasteiger partial charge in [-0.05, 0) is 96.0 Å². The summed E-state index contributed by atoms with van der Waals surface area (Å²) in [5, 5.41) is 3.03. The molecule has 0 saturated heterocycles. The van der Waals surface area contributed by atoms with Crippen LogP contribution in [0.4, 0.5) is 0 Å². The van der Waals surface area contributed by atoms with E-state index in [-0.39, 0.29) is 31.5 Å². The van der Waals surface area contributed by atoms with E-state index in [1.807, 2.05) is 33.3 Å². The number of allylic oxidation sites excluding steroid dienone is 11. The number of ether oxygens (including phenoxy) is 1. The van der Waals surface area contributed by atoms with Crippen molar-refractivity contribution in [3.63, 3.8) is 0 Å². The predicted octanol–water partition coefficient (Wildman–Crippen LogP) is 18.1. The Morgan fingerprint density at radius 3 is 1.33 bits per heavy atom. The maximum Gasteiger partial charge on any atom is 0.472 e. The van der Waals surface area contributed by atoms with Gasteiger partial charge >= 0.3 is 13.8 Å². The van der Waals surface area contributed by atoms with Crippen molar-refractivity contribution in [1.29, 1.82) is 0 Å². The van der Waals surface area contributed by atoms with E-state index in [9.17, 15) is 19.0 Å². The largest absolute Gasteiger partial charge is 0.472 e. The first-order valence-electron chi connectivity index (χ1n) is 29.8. The van der Waals surface area contributed by atoms with E-state index < -0.39 is 20.0 Å². The molecule has 0 aliphatic carbocycles. The van der Waals surface area contributed by atoms with Crippen LogP contribution in [0, 0.1) is 0 Å². The number of carbonyl (C=O) groups is 2. The van der Waals surface area contributed by atoms with Crippen molar-refractivity contribution >= 4 is 19.7 Å². The first-order valence-corrected chi connectivity index (χ1v) is 31.3. The Kier molecular flexibility index (Phi) is 50.1. The van der Waals surface area contributed by atoms with Crippen molar-refractivity contribution in [2.45, 2.75) is 270 Å². The Hall–Kier alpha value is -2.55. The van der Waals surface area contributed by atoms with Gasteiger partial charge in [-0.2, -0.15) is 0 Å². The average molecular weight is 1030 g/mol. The predicted molar refractivity (Wildman–Crippen MR) is 309 cm³/mol. The summed E-state index contributed by atoms with van der Waals surface area (Å²) in [4.78, 5) is 37.6. The van der Waals surface area contributed by atoms with Crippen molar-refractivity contribution in [2.75, 3.05) is 40.9 Å². The molecule has 0 bridgehead atoms. The lowest BCUT2D eigenvalue weighted by atomic mass is 10.0. The highest BCUT2D eigenvalue weighted by Gasteiger charge is 2.30. The minimum absolute atomic E-state index is 0.0283. The monoisotopic (exact) mass is 1030 g/mol. The third-order valence-electron chi connectivity index (χ3n) is 12.9. The molecule has 72 heavy (non-hydrogen) atoms. The normalized spacial score (nSPS) is 14.3. The zero-order chi connectivity index (χ0) is 52.9. The number of esters is 1. The van der Waals surface area contributed by atoms with Gasteiger partial charge in [0.2, 0.25) is 5.91 Å². The summed E-state index contributed by atoms with van der Waals surface area (Å²) in [6.07, 6.45) is 66.1. The van der Waals surface area contributed by atoms with Crippen LogP contribution < -0.4 is 5.32 Å². The van der Waals surface area contributed by atoms with E-state index >= 15 is 0 Å². The first kappa shape index (κ1) is 69.5. The highest BCUT2D eigenvalue weighted by atomic mass is 31.2. The molecule has 0 spiro atoms. The zero-order valence-corrected chi connectivity index (χ0v) is 48.6. The van der Waals surface area contributed by atoms with Gasteiger partial charge in [0.05, 0.1) is 33.8 Å². The summed E-state index contributed by atoms with van der Waals surface area (Å²) in [7, 11) is 1.46. The summed E-state index contributed by atoms with van der Waals surface area (Å²) < 4.78 is 30.6. The van der Waals surface area contributed by atoms with Gasteiger partial charge in [0.25, 0.3) is 0 Å². The summed E-state index contributed by atoms with van der Waals surface area (Å²) in [5.74, 6) is -0.579. The molecule has 418 valence electrons. The van der Waals surface area contributed by atoms with Crippen molar-refractivity contribution in [3.8, 4) is 0 Å². The fraction of sp³-hybridized carbons (Fsp3) is 0.774. The average Bonchev–Trinajstić information content (AvgIpc) is 3.34. The second-order valence-corrected chi connectivity index (χ2v) is 22.6. The number of unbranched alkanes of at least 4 members (excludes halogenated alkanes) is 27. The summed E-state index contributed by atoms with van der Waals surface area (Å²) >= 11 is 0. The van der Waals surface area contributed by atoms with E-state index in [4.69, 9.17) is 13.8 Å². The van der Waals surface area contributed by atoms with E-state index in [1.165, 1.54) is 135 Å². The number of likely N-dealkylation sites (N-methyl/N-ethyl adjacent to an activating group) is 1. The number of nitrogens with zero attached hydrogens (tertiary/aromatic N) is 1. The molecule has 2 N–H and O–H groups in total. The number of hydrogen-bond donors (Lipinski definition) is 2. The molecule has 0 fully saturated rings. The second-order valence-electron chi connectivity index (χ2n) is 21.2. The van der Waals surface area contributed by atoms with Crippen LogP contribution in [-0.2, 0) is 27.9 Å². The Labute approximate surface area is 444 Å². The van der Waals surface area contributed by atoms with Gasteiger partial charge in [-0.3, -0.25) is 18.6 Å². The maximum atomic E-state index is 13.5. The van der Waals surface area contributed by atoms with Crippen LogP contribution in [0.3, 0.4) is 0 Å². The topological polar surface area (TPSA) is 111 Å². The summed E-state index contributed by atoms with van der Waals surface area (Å²) in [5.41, 5.74) is 0. The van der Waals surface area contributed by atoms with E-state index in [0.29, 0.717) is 23.9 Å². The fourth-order valence-electron chi connectivity index (χ4n) is 8.22. The molecule has 0 aromatic heterocycles. The van der Waals surface area contributed by atoms with Crippen LogP contribution in [0.15, 0.2) is 72.9 Å². The Balaban J connectivity index is 5.45. The molecule has 0 aromatic rings. The molecule has 0 aromatic carbocycles. The van der Waals surface area contributed by atoms with Gasteiger partial charge in [-0.25, -0.2) is 4.57 Å². The molecule has 0 saturated carbocycles. The lowest BCUT2D eigenvalue weighted by Crippen LogP contribution is -2.47. The molecule has 0 aliphatic rings. The molecule has 3 atom stereocenters. The second kappa shape index (κ2) is 51.9. The highest BCUT2D eigenvalue weighted by molar-refractivity contribution is 7.47. The third kappa shape index (κ3) is 52.3. The van der Waals surface area contributed by atoms with Crippen LogP contribution in [0.1, 0.15) is 258 Å². The van der Waals surface area contributed by atoms with Gasteiger partial charge in [-0.15, -0.1) is 0 Å². The fourth-order valence-corrected chi connectivity index (χ4v) is 8.96. The van der Waals surface area contributed by atoms with E-state index in [2.05, 4.69) is 86.8 Å². The van der Waals surface area contributed by atoms with Crippen molar-refractivity contribution in [2.24, 2.45) is 0 Å². The van der Waals surface area contributed by atoms with Gasteiger partial charge in [0, 0.05) is 12.8 Å². The molecule has 3 unspecified atom stereocenters. The van der Waals surface area contributed by atoms with E-state index in [0.717, 1.165) is 83.5 Å². The number of rotatable bonds is 53. The minimum Gasteiger partial charge on any atom is -0.456 e. The van der Waals surface area contributed by atoms with Crippen LogP contribution in [-0.4, -0.2) is 74.3 Å². The standard InChI is InChI=1S/C62H113N2O7P/c1-7-10-13-16-19-22-25-28-30-32-34-37-40-43-46-49-52-55-62(66)71-60(53-50-47-44-41-38-35-27-24-21-18-15-12-9-3)59(58-70-72(67,68)69-57-56-64(4,5)6)63-61(65)54-51-48-45-42-39-36-33-31-29-26-23-20-17-14-11-8-2/h19,22,28,30-31,33-34,37,43,46,50,53,59-60H,7-18,20-21,23-27,29,32,35-36,38-42,44-45,47-49,51-52,54-58H2,1-6H3,(H-,63,65,67,68)/p+1/b22-19-,30-28-,33-31+,37-34-,46-43-,53-50+. The maximum absolute atomic E-state index is 13.5. The lowest BCUT2D eigenvalue weighted by Gasteiger charge is -2.27. The molecule has 10 heteroatoms. The number of carbonyl (C=O) groups excluding carboxylic acids is 2. The molecule has 1 amide bonds. The molecular formula is C62H114N2O7P+. The summed E-state index contributed by atoms with van der Waals surface area (Å²) in [6, 6.07) is -0.876. The zero-order valence-electron chi connectivity index (χ0n) is 47.7. The van der Waals surface area contributed by atoms with E-state index in [1.54, 1.807) is 0 Å². The summed E-state index contributed by atoms with van der Waals surface area (Å²) in [6.45, 7) is 6.94. The van der Waals surface area contributed by atoms with Crippen molar-refractivity contribution < 1.29 is 37.3 Å². The van der Waals surface area contributed by atoms with Gasteiger partial charge in [-0.1, -0.05) is 222 Å². The number of nitrogens with one attached hydrogen (secondary N) is 1. The van der Waals surface area contributed by atoms with Crippen LogP contribution in [0.5, 0.6) is 0 Å². The number of phosphoric ester groups is 1. The Bertz CT molecular complexity index is 1460. The molecule has 0 heterocycles. The molecule has 0 rings (SSSR count). The van der Waals surface area contributed by atoms with Crippen LogP contribution >= 0.6 is 7.82 Å². The minimum atomic E-state index is -4.46. The lowest BCUT2D eigenvalue weighted by molar-refractivity contribution is -0.870. The third-order valence-corrected chi connectivity index (χ3v) is 13.9. The number of quaternary nitrogens is 1. The quantitative estimate of drug-likeness (QED) is 0.0205. The highest BCUT2D eigenvalue weighted by Crippen LogP contribution is 2.43. The van der Waals surface area contributed by atoms with Gasteiger partial charge in [0.1, 0.15) is 19.3 Å². The Morgan fingerprint density at radius 1 is 0.486 bits per heavy atom. The number of amides is 1. The van der Waals surface area contributed by atoms with Crippen molar-refractivity contribution in [3.05, 3.63) is 72.9 Å². The number of hydrogen-bond acceptors (Lipinski definition) is 6. The SMILES string of the molecule is CCCCC/C=C\C/C=C\C/C=C\C/C=C\CCCC(=O)OC(/C=C/CCCCCCCCCCCCC)C(COP(=O)(O)OCC[N+](C)(C)C)NC(=O)CCCCCCC/C=C/CCCCCCCCC. The molecular weight excluding hydrogens is 916 g/mol. The van der Waals surface area contributed by atoms with Crippen LogP contribution in [0.2, 0.25) is 0 Å². The molecule has 9 nitrogen and oxygen atoms in total. The smallest absolute Gasteiger partial charge is 0.456 e. The molecule has 0 aliphatic heterocycles. The van der Waals surface area contributed by atoms with Crippen molar-refractivity contribution in [1.82, 2.24) is 5.32 Å². The van der Waals surface area contributed by atoms with Gasteiger partial charge < -0.3 is 19.4 Å². The van der Waals surface area contributed by atoms with Gasteiger partial charge in [0.15, 0.2) is 0 Å². The molecule has 0 radical (unpaired) electrons. The first-order chi connectivity index (χ1) is 34.9. The van der Waals surface area contributed by atoms with Crippen LogP contribution in [0.25, 0.3) is 0 Å².